The summed E-state index contributed by atoms with van der Waals surface area (Å²) < 4.78 is 5.15. The van der Waals surface area contributed by atoms with E-state index in [9.17, 15) is 4.79 Å². The third kappa shape index (κ3) is 6.05. The molecule has 0 bridgehead atoms. The van der Waals surface area contributed by atoms with Crippen LogP contribution in [0.2, 0.25) is 5.28 Å². The summed E-state index contributed by atoms with van der Waals surface area (Å²) in [7, 11) is 0. The number of alkyl carbamates (subject to hydrolysis) is 1. The molecule has 0 unspecified atom stereocenters. The smallest absolute Gasteiger partial charge is 0.407 e. The molecule has 1 aliphatic heterocycles. The Bertz CT molecular complexity index is 543. The van der Waals surface area contributed by atoms with Gasteiger partial charge in [-0.15, -0.1) is 0 Å². The molecule has 0 saturated carbocycles. The van der Waals surface area contributed by atoms with Gasteiger partial charge in [-0.05, 0) is 45.2 Å². The van der Waals surface area contributed by atoms with Gasteiger partial charge in [-0.3, -0.25) is 0 Å². The molecule has 8 nitrogen and oxygen atoms in total. The summed E-state index contributed by atoms with van der Waals surface area (Å²) in [5, 5.41) is 5.84. The topological polar surface area (TPSA) is 92.3 Å². The van der Waals surface area contributed by atoms with E-state index in [1.807, 2.05) is 20.8 Å². The Labute approximate surface area is 141 Å². The van der Waals surface area contributed by atoms with Crippen LogP contribution >= 0.6 is 11.6 Å². The Hall–Kier alpha value is -1.83. The summed E-state index contributed by atoms with van der Waals surface area (Å²) in [4.78, 5) is 26.2. The SMILES string of the molecule is CC(C)(C)OC(=O)NCCNc1nc(Cl)nc(N2CCCC2)n1. The highest BCUT2D eigenvalue weighted by Gasteiger charge is 2.17. The molecule has 2 rings (SSSR count). The van der Waals surface area contributed by atoms with Crippen molar-refractivity contribution >= 4 is 29.6 Å². The molecular formula is C14H23ClN6O2. The van der Waals surface area contributed by atoms with E-state index in [2.05, 4.69) is 30.5 Å². The molecular weight excluding hydrogens is 320 g/mol. The molecule has 0 radical (unpaired) electrons. The van der Waals surface area contributed by atoms with E-state index in [4.69, 9.17) is 16.3 Å². The standard InChI is InChI=1S/C14H23ClN6O2/c1-14(2,3)23-13(22)17-7-6-16-11-18-10(15)19-12(20-11)21-8-4-5-9-21/h4-9H2,1-3H3,(H,17,22)(H,16,18,19,20). The van der Waals surface area contributed by atoms with Crippen molar-refractivity contribution in [3.63, 3.8) is 0 Å². The number of anilines is 2. The second kappa shape index (κ2) is 7.63. The molecule has 128 valence electrons. The zero-order chi connectivity index (χ0) is 16.9. The van der Waals surface area contributed by atoms with Crippen molar-refractivity contribution in [3.05, 3.63) is 5.28 Å². The predicted molar refractivity (Wildman–Crippen MR) is 89.0 cm³/mol. The fraction of sp³-hybridized carbons (Fsp3) is 0.714. The minimum Gasteiger partial charge on any atom is -0.444 e. The number of ether oxygens (including phenoxy) is 1. The fourth-order valence-electron chi connectivity index (χ4n) is 2.13. The van der Waals surface area contributed by atoms with Crippen LogP contribution in [-0.4, -0.2) is 52.8 Å². The summed E-state index contributed by atoms with van der Waals surface area (Å²) >= 11 is 5.95. The number of halogens is 1. The van der Waals surface area contributed by atoms with Crippen molar-refractivity contribution in [2.75, 3.05) is 36.4 Å². The number of carbonyl (C=O) groups is 1. The monoisotopic (exact) mass is 342 g/mol. The van der Waals surface area contributed by atoms with Crippen LogP contribution in [0.4, 0.5) is 16.7 Å². The highest BCUT2D eigenvalue weighted by Crippen LogP contribution is 2.18. The molecule has 1 aromatic heterocycles. The Kier molecular flexibility index (Phi) is 5.81. The lowest BCUT2D eigenvalue weighted by atomic mass is 10.2. The Morgan fingerprint density at radius 2 is 1.91 bits per heavy atom. The van der Waals surface area contributed by atoms with Crippen molar-refractivity contribution < 1.29 is 9.53 Å². The third-order valence-corrected chi connectivity index (χ3v) is 3.23. The van der Waals surface area contributed by atoms with Gasteiger partial charge in [0.1, 0.15) is 5.60 Å². The molecule has 1 fully saturated rings. The molecule has 1 amide bonds. The van der Waals surface area contributed by atoms with Crippen LogP contribution in [0.5, 0.6) is 0 Å². The molecule has 9 heteroatoms. The summed E-state index contributed by atoms with van der Waals surface area (Å²) in [6.07, 6.45) is 1.81. The molecule has 1 saturated heterocycles. The number of amides is 1. The van der Waals surface area contributed by atoms with Gasteiger partial charge >= 0.3 is 6.09 Å². The first-order chi connectivity index (χ1) is 10.8. The summed E-state index contributed by atoms with van der Waals surface area (Å²) in [5.74, 6) is 0.989. The van der Waals surface area contributed by atoms with E-state index in [1.54, 1.807) is 0 Å². The maximum atomic E-state index is 11.5. The number of hydrogen-bond donors (Lipinski definition) is 2. The number of hydrogen-bond acceptors (Lipinski definition) is 7. The summed E-state index contributed by atoms with van der Waals surface area (Å²) in [5.41, 5.74) is -0.510. The third-order valence-electron chi connectivity index (χ3n) is 3.06. The van der Waals surface area contributed by atoms with E-state index in [0.717, 1.165) is 25.9 Å². The van der Waals surface area contributed by atoms with Gasteiger partial charge in [-0.25, -0.2) is 4.79 Å². The van der Waals surface area contributed by atoms with Crippen LogP contribution in [0, 0.1) is 0 Å². The normalized spacial score (nSPS) is 14.7. The molecule has 23 heavy (non-hydrogen) atoms. The van der Waals surface area contributed by atoms with Crippen molar-refractivity contribution in [2.24, 2.45) is 0 Å². The minimum absolute atomic E-state index is 0.157. The first-order valence-electron chi connectivity index (χ1n) is 7.71. The average molecular weight is 343 g/mol. The van der Waals surface area contributed by atoms with Gasteiger partial charge in [0.15, 0.2) is 0 Å². The second-order valence-electron chi connectivity index (χ2n) is 6.28. The quantitative estimate of drug-likeness (QED) is 0.791. The molecule has 1 aromatic rings. The molecule has 0 aromatic carbocycles. The number of aromatic nitrogens is 3. The van der Waals surface area contributed by atoms with Crippen LogP contribution in [0.3, 0.4) is 0 Å². The largest absolute Gasteiger partial charge is 0.444 e. The lowest BCUT2D eigenvalue weighted by Gasteiger charge is -2.19. The molecule has 0 spiro atoms. The maximum Gasteiger partial charge on any atom is 0.407 e. The highest BCUT2D eigenvalue weighted by molar-refractivity contribution is 6.28. The van der Waals surface area contributed by atoms with Gasteiger partial charge in [0.05, 0.1) is 0 Å². The predicted octanol–water partition coefficient (Wildman–Crippen LogP) is 2.06. The Morgan fingerprint density at radius 1 is 1.22 bits per heavy atom. The second-order valence-corrected chi connectivity index (χ2v) is 6.62. The van der Waals surface area contributed by atoms with Gasteiger partial charge < -0.3 is 20.3 Å². The van der Waals surface area contributed by atoms with Crippen molar-refractivity contribution in [3.8, 4) is 0 Å². The average Bonchev–Trinajstić information content (AvgIpc) is 2.95. The van der Waals surface area contributed by atoms with Crippen LogP contribution in [0.15, 0.2) is 0 Å². The molecule has 1 aliphatic rings. The molecule has 2 N–H and O–H groups in total. The van der Waals surface area contributed by atoms with Crippen molar-refractivity contribution in [1.29, 1.82) is 0 Å². The molecule has 2 heterocycles. The summed E-state index contributed by atoms with van der Waals surface area (Å²) in [6, 6.07) is 0. The zero-order valence-electron chi connectivity index (χ0n) is 13.7. The van der Waals surface area contributed by atoms with Crippen LogP contribution in [0.25, 0.3) is 0 Å². The van der Waals surface area contributed by atoms with Crippen LogP contribution in [0.1, 0.15) is 33.6 Å². The Balaban J connectivity index is 1.80. The number of carbonyl (C=O) groups excluding carboxylic acids is 1. The number of rotatable bonds is 5. The Morgan fingerprint density at radius 3 is 2.57 bits per heavy atom. The number of nitrogens with one attached hydrogen (secondary N) is 2. The van der Waals surface area contributed by atoms with E-state index in [1.165, 1.54) is 0 Å². The summed E-state index contributed by atoms with van der Waals surface area (Å²) in [6.45, 7) is 8.16. The first kappa shape index (κ1) is 17.5. The van der Waals surface area contributed by atoms with Crippen LogP contribution in [-0.2, 0) is 4.74 Å². The number of nitrogens with zero attached hydrogens (tertiary/aromatic N) is 4. The molecule has 0 atom stereocenters. The van der Waals surface area contributed by atoms with Gasteiger partial charge in [0, 0.05) is 26.2 Å². The van der Waals surface area contributed by atoms with Crippen LogP contribution < -0.4 is 15.5 Å². The lowest BCUT2D eigenvalue weighted by Crippen LogP contribution is -2.35. The van der Waals surface area contributed by atoms with Crippen molar-refractivity contribution in [2.45, 2.75) is 39.2 Å². The maximum absolute atomic E-state index is 11.5. The van der Waals surface area contributed by atoms with E-state index < -0.39 is 11.7 Å². The van der Waals surface area contributed by atoms with E-state index in [-0.39, 0.29) is 5.28 Å². The van der Waals surface area contributed by atoms with Gasteiger partial charge in [0.25, 0.3) is 0 Å². The lowest BCUT2D eigenvalue weighted by molar-refractivity contribution is 0.0530. The van der Waals surface area contributed by atoms with E-state index in [0.29, 0.717) is 25.0 Å². The fourth-order valence-corrected chi connectivity index (χ4v) is 2.29. The van der Waals surface area contributed by atoms with E-state index >= 15 is 0 Å². The van der Waals surface area contributed by atoms with Gasteiger partial charge in [-0.2, -0.15) is 15.0 Å². The van der Waals surface area contributed by atoms with Gasteiger partial charge in [0.2, 0.25) is 17.2 Å². The van der Waals surface area contributed by atoms with Crippen molar-refractivity contribution in [1.82, 2.24) is 20.3 Å². The van der Waals surface area contributed by atoms with Gasteiger partial charge in [-0.1, -0.05) is 0 Å². The zero-order valence-corrected chi connectivity index (χ0v) is 14.5. The first-order valence-corrected chi connectivity index (χ1v) is 8.08. The minimum atomic E-state index is -0.510. The highest BCUT2D eigenvalue weighted by atomic mass is 35.5. The molecule has 0 aliphatic carbocycles.